The summed E-state index contributed by atoms with van der Waals surface area (Å²) < 4.78 is 190. The van der Waals surface area contributed by atoms with E-state index in [2.05, 4.69) is 0 Å². The van der Waals surface area contributed by atoms with E-state index >= 15 is 0 Å². The molecule has 0 bridgehead atoms. The van der Waals surface area contributed by atoms with Crippen molar-refractivity contribution in [1.29, 1.82) is 0 Å². The fourth-order valence-electron chi connectivity index (χ4n) is 0.385. The first-order valence-electron chi connectivity index (χ1n) is 6.19. The number of rotatable bonds is 0. The number of hydrogen-bond acceptors (Lipinski definition) is 12. The van der Waals surface area contributed by atoms with Gasteiger partial charge in [0.25, 0.3) is 0 Å². The van der Waals surface area contributed by atoms with E-state index in [9.17, 15) is 0 Å². The molecule has 24 nitrogen and oxygen atoms in total. The zero-order chi connectivity index (χ0) is 31.2. The first-order chi connectivity index (χ1) is 15.0. The van der Waals surface area contributed by atoms with Crippen LogP contribution in [0.1, 0.15) is 0 Å². The summed E-state index contributed by atoms with van der Waals surface area (Å²) in [4.78, 5) is 0. The third-order valence-corrected chi connectivity index (χ3v) is 0.667. The molecule has 0 amide bonds. The Balaban J connectivity index is -0.0000000731. The Morgan fingerprint density at radius 3 is 0.278 bits per heavy atom. The summed E-state index contributed by atoms with van der Waals surface area (Å²) in [6.45, 7) is 0. The lowest BCUT2D eigenvalue weighted by atomic mass is 10.4. The third kappa shape index (κ3) is 1630. The largest absolute Gasteiger partial charge is 0.394 e. The Morgan fingerprint density at radius 1 is 0.222 bits per heavy atom. The van der Waals surface area contributed by atoms with Crippen LogP contribution in [0.2, 0.25) is 0 Å². The van der Waals surface area contributed by atoms with Crippen LogP contribution in [0.15, 0.2) is 36.4 Å². The smallest absolute Gasteiger partial charge is 0.264 e. The lowest BCUT2D eigenvalue weighted by Gasteiger charge is -1.69. The van der Waals surface area contributed by atoms with E-state index in [0.29, 0.717) is 0 Å². The zero-order valence-electron chi connectivity index (χ0n) is 16.2. The zero-order valence-corrected chi connectivity index (χ0v) is 21.1. The molecule has 0 fully saturated rings. The van der Waals surface area contributed by atoms with E-state index in [1.165, 1.54) is 0 Å². The summed E-state index contributed by atoms with van der Waals surface area (Å²) in [5.74, 6) is 0. The highest BCUT2D eigenvalue weighted by molar-refractivity contribution is 7.81. The molecule has 30 heteroatoms. The molecule has 0 saturated carbocycles. The summed E-state index contributed by atoms with van der Waals surface area (Å²) in [5.41, 5.74) is 0. The second kappa shape index (κ2) is 21.5. The molecule has 0 aromatic heterocycles. The van der Waals surface area contributed by atoms with Gasteiger partial charge in [-0.05, 0) is 0 Å². The van der Waals surface area contributed by atoms with Crippen LogP contribution in [0.4, 0.5) is 0 Å². The minimum Gasteiger partial charge on any atom is -0.264 e. The Morgan fingerprint density at radius 2 is 0.250 bits per heavy atom. The van der Waals surface area contributed by atoms with E-state index in [1.54, 1.807) is 0 Å². The molecule has 36 heavy (non-hydrogen) atoms. The molecule has 12 N–H and O–H groups in total. The van der Waals surface area contributed by atoms with Crippen LogP contribution in [0, 0.1) is 0 Å². The van der Waals surface area contributed by atoms with E-state index in [1.807, 2.05) is 36.4 Å². The van der Waals surface area contributed by atoms with E-state index in [4.69, 9.17) is 105 Å². The van der Waals surface area contributed by atoms with Crippen molar-refractivity contribution in [3.05, 3.63) is 36.4 Å². The van der Waals surface area contributed by atoms with Crippen LogP contribution in [0.25, 0.3) is 0 Å². The summed E-state index contributed by atoms with van der Waals surface area (Å²) >= 11 is 0. The molecule has 1 aromatic carbocycles. The van der Waals surface area contributed by atoms with Gasteiger partial charge in [-0.1, -0.05) is 36.4 Å². The minimum absolute atomic E-state index is 2.00. The highest BCUT2D eigenvalue weighted by Crippen LogP contribution is 1.79. The number of hydrogen-bond donors (Lipinski definition) is 12. The Kier molecular flexibility index (Phi) is 28.5. The van der Waals surface area contributed by atoms with Crippen LogP contribution in [-0.2, 0) is 62.4 Å². The number of benzene rings is 1. The minimum atomic E-state index is -4.67. The summed E-state index contributed by atoms with van der Waals surface area (Å²) in [5, 5.41) is 0. The summed E-state index contributed by atoms with van der Waals surface area (Å²) in [6.07, 6.45) is 0. The second-order valence-electron chi connectivity index (χ2n) is 3.84. The highest BCUT2D eigenvalue weighted by Gasteiger charge is 1.86. The maximum absolute atomic E-state index is 8.74. The Hall–Kier alpha value is -1.56. The van der Waals surface area contributed by atoms with Gasteiger partial charge in [0.15, 0.2) is 0 Å². The van der Waals surface area contributed by atoms with Crippen LogP contribution in [0.5, 0.6) is 0 Å². The SMILES string of the molecule is O=S(=O)(O)O.O=S(=O)(O)O.O=S(=O)(O)O.O=S(=O)(O)O.O=S(=O)(O)O.O=S(=O)(O)O.c1ccccc1. The van der Waals surface area contributed by atoms with Crippen molar-refractivity contribution in [1.82, 2.24) is 0 Å². The van der Waals surface area contributed by atoms with Gasteiger partial charge in [0, 0.05) is 0 Å². The predicted molar refractivity (Wildman–Crippen MR) is 112 cm³/mol. The van der Waals surface area contributed by atoms with Crippen molar-refractivity contribution in [3.63, 3.8) is 0 Å². The predicted octanol–water partition coefficient (Wildman–Crippen LogP) is -2.23. The molecule has 0 atom stereocenters. The Bertz CT molecular complexity index is 977. The van der Waals surface area contributed by atoms with Gasteiger partial charge in [-0.2, -0.15) is 50.5 Å². The van der Waals surface area contributed by atoms with Crippen LogP contribution in [-0.4, -0.2) is 105 Å². The fraction of sp³-hybridized carbons (Fsp3) is 0. The monoisotopic (exact) mass is 666 g/mol. The second-order valence-corrected chi connectivity index (χ2v) is 9.22. The fourth-order valence-corrected chi connectivity index (χ4v) is 0.385. The molecule has 0 spiro atoms. The molecule has 0 heterocycles. The van der Waals surface area contributed by atoms with E-state index in [0.717, 1.165) is 0 Å². The lowest BCUT2D eigenvalue weighted by Crippen LogP contribution is -1.89. The topological polar surface area (TPSA) is 448 Å². The third-order valence-electron chi connectivity index (χ3n) is 0.667. The van der Waals surface area contributed by atoms with Crippen LogP contribution in [0.3, 0.4) is 0 Å². The van der Waals surface area contributed by atoms with Gasteiger partial charge in [0.2, 0.25) is 0 Å². The van der Waals surface area contributed by atoms with Gasteiger partial charge in [0.05, 0.1) is 0 Å². The van der Waals surface area contributed by atoms with Crippen LogP contribution < -0.4 is 0 Å². The van der Waals surface area contributed by atoms with Gasteiger partial charge >= 0.3 is 62.4 Å². The lowest BCUT2D eigenvalue weighted by molar-refractivity contribution is 0.378. The molecule has 0 unspecified atom stereocenters. The summed E-state index contributed by atoms with van der Waals surface area (Å²) in [7, 11) is -28.0. The molecule has 0 radical (unpaired) electrons. The highest BCUT2D eigenvalue weighted by atomic mass is 32.3. The van der Waals surface area contributed by atoms with Gasteiger partial charge in [0.1, 0.15) is 0 Å². The maximum atomic E-state index is 8.74. The molecule has 222 valence electrons. The normalized spacial score (nSPS) is 11.0. The molecular formula is C6H18O24S6. The van der Waals surface area contributed by atoms with Gasteiger partial charge in [-0.25, -0.2) is 0 Å². The molecule has 0 aliphatic rings. The van der Waals surface area contributed by atoms with Crippen molar-refractivity contribution < 1.29 is 105 Å². The van der Waals surface area contributed by atoms with Gasteiger partial charge in [-0.3, -0.25) is 54.6 Å². The average Bonchev–Trinajstić information content (AvgIpc) is 2.37. The average molecular weight is 667 g/mol. The van der Waals surface area contributed by atoms with E-state index < -0.39 is 62.4 Å². The quantitative estimate of drug-likeness (QED) is 0.130. The summed E-state index contributed by atoms with van der Waals surface area (Å²) in [6, 6.07) is 12.0. The first kappa shape index (κ1) is 47.6. The van der Waals surface area contributed by atoms with E-state index in [-0.39, 0.29) is 0 Å². The molecule has 1 rings (SSSR count). The van der Waals surface area contributed by atoms with Crippen molar-refractivity contribution in [2.45, 2.75) is 0 Å². The molecule has 1 aromatic rings. The molecule has 0 aliphatic carbocycles. The van der Waals surface area contributed by atoms with Crippen molar-refractivity contribution in [2.24, 2.45) is 0 Å². The Labute approximate surface area is 203 Å². The maximum Gasteiger partial charge on any atom is 0.394 e. The van der Waals surface area contributed by atoms with Gasteiger partial charge in [-0.15, -0.1) is 0 Å². The standard InChI is InChI=1S/C6H6.6H2O4S/c1-2-4-6-5-3-1;6*1-5(2,3)4/h1-6H;6*(H2,1,2,3,4). The van der Waals surface area contributed by atoms with Crippen molar-refractivity contribution in [3.8, 4) is 0 Å². The molecular weight excluding hydrogens is 648 g/mol. The van der Waals surface area contributed by atoms with Crippen LogP contribution >= 0.6 is 0 Å². The van der Waals surface area contributed by atoms with Crippen molar-refractivity contribution in [2.75, 3.05) is 0 Å². The van der Waals surface area contributed by atoms with Gasteiger partial charge < -0.3 is 0 Å². The molecule has 0 aliphatic heterocycles. The van der Waals surface area contributed by atoms with Crippen molar-refractivity contribution >= 4 is 62.4 Å². The molecule has 0 saturated heterocycles. The first-order valence-corrected chi connectivity index (χ1v) is 14.6.